The quantitative estimate of drug-likeness (QED) is 0.542. The lowest BCUT2D eigenvalue weighted by atomic mass is 10.2. The standard InChI is InChI=1S/C14H10BrN3O2/c15-10-4-5-11(16-8-10)9-17-7-6-12-13(17)2-1-3-14(12)18(19)20/h1-8H,9H2. The number of aromatic nitrogens is 2. The highest BCUT2D eigenvalue weighted by molar-refractivity contribution is 9.10. The van der Waals surface area contributed by atoms with Gasteiger partial charge in [-0.2, -0.15) is 0 Å². The van der Waals surface area contributed by atoms with Crippen LogP contribution in [0.2, 0.25) is 0 Å². The summed E-state index contributed by atoms with van der Waals surface area (Å²) in [7, 11) is 0. The molecule has 0 saturated heterocycles. The summed E-state index contributed by atoms with van der Waals surface area (Å²) in [4.78, 5) is 15.0. The van der Waals surface area contributed by atoms with Crippen molar-refractivity contribution in [2.45, 2.75) is 6.54 Å². The molecule has 0 unspecified atom stereocenters. The number of hydrogen-bond donors (Lipinski definition) is 0. The minimum atomic E-state index is -0.357. The number of benzene rings is 1. The number of pyridine rings is 1. The van der Waals surface area contributed by atoms with Gasteiger partial charge < -0.3 is 4.57 Å². The number of non-ortho nitro benzene ring substituents is 1. The second-order valence-corrected chi connectivity index (χ2v) is 5.29. The van der Waals surface area contributed by atoms with Gasteiger partial charge in [0.15, 0.2) is 0 Å². The van der Waals surface area contributed by atoms with Crippen molar-refractivity contribution in [1.29, 1.82) is 0 Å². The van der Waals surface area contributed by atoms with Gasteiger partial charge in [0.2, 0.25) is 0 Å². The van der Waals surface area contributed by atoms with Gasteiger partial charge in [-0.25, -0.2) is 0 Å². The number of nitro benzene ring substituents is 1. The number of hydrogen-bond acceptors (Lipinski definition) is 3. The van der Waals surface area contributed by atoms with E-state index in [4.69, 9.17) is 0 Å². The first kappa shape index (κ1) is 12.8. The Morgan fingerprint density at radius 3 is 2.80 bits per heavy atom. The van der Waals surface area contributed by atoms with E-state index in [0.29, 0.717) is 11.9 Å². The van der Waals surface area contributed by atoms with E-state index in [1.807, 2.05) is 29.0 Å². The molecule has 100 valence electrons. The van der Waals surface area contributed by atoms with E-state index < -0.39 is 0 Å². The molecule has 0 saturated carbocycles. The summed E-state index contributed by atoms with van der Waals surface area (Å²) < 4.78 is 2.88. The molecule has 5 nitrogen and oxygen atoms in total. The normalized spacial score (nSPS) is 10.8. The molecule has 6 heteroatoms. The summed E-state index contributed by atoms with van der Waals surface area (Å²) in [6.07, 6.45) is 3.59. The molecule has 0 aliphatic heterocycles. The lowest BCUT2D eigenvalue weighted by Crippen LogP contribution is -2.00. The number of rotatable bonds is 3. The van der Waals surface area contributed by atoms with Gasteiger partial charge in [-0.05, 0) is 40.2 Å². The van der Waals surface area contributed by atoms with Crippen LogP contribution >= 0.6 is 15.9 Å². The maximum absolute atomic E-state index is 11.0. The third-order valence-electron chi connectivity index (χ3n) is 3.11. The van der Waals surface area contributed by atoms with Gasteiger partial charge in [0.1, 0.15) is 0 Å². The first-order valence-electron chi connectivity index (χ1n) is 5.98. The van der Waals surface area contributed by atoms with Crippen LogP contribution in [-0.4, -0.2) is 14.5 Å². The maximum Gasteiger partial charge on any atom is 0.278 e. The van der Waals surface area contributed by atoms with E-state index in [1.165, 1.54) is 6.07 Å². The minimum absolute atomic E-state index is 0.130. The van der Waals surface area contributed by atoms with Crippen molar-refractivity contribution in [2.75, 3.05) is 0 Å². The molecule has 3 aromatic rings. The van der Waals surface area contributed by atoms with Crippen LogP contribution in [0.1, 0.15) is 5.69 Å². The Bertz CT molecular complexity index is 781. The average Bonchev–Trinajstić information content (AvgIpc) is 2.84. The van der Waals surface area contributed by atoms with Crippen molar-refractivity contribution in [1.82, 2.24) is 9.55 Å². The highest BCUT2D eigenvalue weighted by atomic mass is 79.9. The van der Waals surface area contributed by atoms with Crippen LogP contribution in [0.25, 0.3) is 10.9 Å². The molecule has 1 aromatic carbocycles. The SMILES string of the molecule is O=[N+]([O-])c1cccc2c1ccn2Cc1ccc(Br)cn1. The maximum atomic E-state index is 11.0. The summed E-state index contributed by atoms with van der Waals surface area (Å²) in [5.41, 5.74) is 1.87. The van der Waals surface area contributed by atoms with Gasteiger partial charge in [0.05, 0.1) is 28.1 Å². The predicted molar refractivity (Wildman–Crippen MR) is 79.6 cm³/mol. The molecule has 0 aliphatic rings. The Hall–Kier alpha value is -2.21. The average molecular weight is 332 g/mol. The first-order valence-corrected chi connectivity index (χ1v) is 6.77. The summed E-state index contributed by atoms with van der Waals surface area (Å²) in [5, 5.41) is 11.6. The van der Waals surface area contributed by atoms with Crippen molar-refractivity contribution in [3.8, 4) is 0 Å². The Labute approximate surface area is 123 Å². The number of nitrogens with zero attached hydrogens (tertiary/aromatic N) is 3. The molecule has 20 heavy (non-hydrogen) atoms. The topological polar surface area (TPSA) is 61.0 Å². The molecule has 0 spiro atoms. The fourth-order valence-electron chi connectivity index (χ4n) is 2.18. The van der Waals surface area contributed by atoms with E-state index in [9.17, 15) is 10.1 Å². The molecule has 2 heterocycles. The molecule has 0 fully saturated rings. The largest absolute Gasteiger partial charge is 0.341 e. The van der Waals surface area contributed by atoms with Crippen LogP contribution in [-0.2, 0) is 6.54 Å². The van der Waals surface area contributed by atoms with Crippen LogP contribution in [0.4, 0.5) is 5.69 Å². The van der Waals surface area contributed by atoms with Crippen molar-refractivity contribution in [3.05, 3.63) is 69.1 Å². The lowest BCUT2D eigenvalue weighted by molar-refractivity contribution is -0.383. The van der Waals surface area contributed by atoms with Gasteiger partial charge >= 0.3 is 0 Å². The number of halogens is 1. The Kier molecular flexibility index (Phi) is 3.23. The third kappa shape index (κ3) is 2.30. The van der Waals surface area contributed by atoms with Crippen molar-refractivity contribution >= 4 is 32.5 Å². The summed E-state index contributed by atoms with van der Waals surface area (Å²) in [6, 6.07) is 10.7. The van der Waals surface area contributed by atoms with Crippen molar-refractivity contribution < 1.29 is 4.92 Å². The van der Waals surface area contributed by atoms with E-state index in [1.54, 1.807) is 18.3 Å². The summed E-state index contributed by atoms with van der Waals surface area (Å²) >= 11 is 3.34. The molecule has 2 aromatic heterocycles. The molecule has 0 N–H and O–H groups in total. The van der Waals surface area contributed by atoms with Gasteiger partial charge in [-0.15, -0.1) is 0 Å². The molecule has 0 amide bonds. The van der Waals surface area contributed by atoms with Crippen molar-refractivity contribution in [2.24, 2.45) is 0 Å². The molecular weight excluding hydrogens is 322 g/mol. The van der Waals surface area contributed by atoms with Gasteiger partial charge in [-0.3, -0.25) is 15.1 Å². The molecule has 0 atom stereocenters. The highest BCUT2D eigenvalue weighted by Gasteiger charge is 2.13. The predicted octanol–water partition coefficient (Wildman–Crippen LogP) is 3.76. The zero-order chi connectivity index (χ0) is 14.1. The van der Waals surface area contributed by atoms with Crippen LogP contribution < -0.4 is 0 Å². The lowest BCUT2D eigenvalue weighted by Gasteiger charge is -2.05. The second kappa shape index (κ2) is 5.05. The van der Waals surface area contributed by atoms with Crippen LogP contribution in [0.3, 0.4) is 0 Å². The van der Waals surface area contributed by atoms with Gasteiger partial charge in [-0.1, -0.05) is 6.07 Å². The van der Waals surface area contributed by atoms with Crippen LogP contribution in [0.5, 0.6) is 0 Å². The molecule has 0 aliphatic carbocycles. The Balaban J connectivity index is 2.03. The van der Waals surface area contributed by atoms with Gasteiger partial charge in [0, 0.05) is 22.9 Å². The van der Waals surface area contributed by atoms with E-state index in [2.05, 4.69) is 20.9 Å². The van der Waals surface area contributed by atoms with Crippen molar-refractivity contribution in [3.63, 3.8) is 0 Å². The fourth-order valence-corrected chi connectivity index (χ4v) is 2.41. The number of nitro groups is 1. The summed E-state index contributed by atoms with van der Waals surface area (Å²) in [6.45, 7) is 0.581. The Morgan fingerprint density at radius 1 is 1.25 bits per heavy atom. The molecular formula is C14H10BrN3O2. The summed E-state index contributed by atoms with van der Waals surface area (Å²) in [5.74, 6) is 0. The highest BCUT2D eigenvalue weighted by Crippen LogP contribution is 2.26. The molecule has 0 radical (unpaired) electrons. The molecule has 3 rings (SSSR count). The Morgan fingerprint density at radius 2 is 2.10 bits per heavy atom. The van der Waals surface area contributed by atoms with Crippen LogP contribution in [0, 0.1) is 10.1 Å². The van der Waals surface area contributed by atoms with Crippen LogP contribution in [0.15, 0.2) is 53.3 Å². The smallest absolute Gasteiger partial charge is 0.278 e. The monoisotopic (exact) mass is 331 g/mol. The minimum Gasteiger partial charge on any atom is -0.341 e. The van der Waals surface area contributed by atoms with E-state index >= 15 is 0 Å². The second-order valence-electron chi connectivity index (χ2n) is 4.38. The zero-order valence-electron chi connectivity index (χ0n) is 10.4. The zero-order valence-corrected chi connectivity index (χ0v) is 11.9. The third-order valence-corrected chi connectivity index (χ3v) is 3.58. The number of fused-ring (bicyclic) bond motifs is 1. The van der Waals surface area contributed by atoms with E-state index in [0.717, 1.165) is 15.7 Å². The molecule has 0 bridgehead atoms. The van der Waals surface area contributed by atoms with Gasteiger partial charge in [0.25, 0.3) is 5.69 Å². The fraction of sp³-hybridized carbons (Fsp3) is 0.0714. The first-order chi connectivity index (χ1) is 9.65. The van der Waals surface area contributed by atoms with E-state index in [-0.39, 0.29) is 10.6 Å².